The molecule has 2 aromatic carbocycles. The summed E-state index contributed by atoms with van der Waals surface area (Å²) in [4.78, 5) is 16.6. The summed E-state index contributed by atoms with van der Waals surface area (Å²) in [6.07, 6.45) is 1.78. The van der Waals surface area contributed by atoms with Crippen molar-refractivity contribution in [2.45, 2.75) is 13.8 Å². The Kier molecular flexibility index (Phi) is 6.09. The minimum atomic E-state index is 0.561. The van der Waals surface area contributed by atoms with E-state index >= 15 is 0 Å². The molecule has 2 aromatic heterocycles. The number of benzene rings is 2. The second-order valence-electron chi connectivity index (χ2n) is 8.12. The van der Waals surface area contributed by atoms with E-state index in [1.807, 2.05) is 47.9 Å². The maximum Gasteiger partial charge on any atom is 0.229 e. The third-order valence-corrected chi connectivity index (χ3v) is 5.71. The number of morpholine rings is 1. The molecule has 0 spiro atoms. The Balaban J connectivity index is 1.58. The third kappa shape index (κ3) is 4.42. The highest BCUT2D eigenvalue weighted by atomic mass is 16.5. The van der Waals surface area contributed by atoms with Gasteiger partial charge in [-0.25, -0.2) is 4.98 Å². The van der Waals surface area contributed by atoms with Crippen LogP contribution in [0.15, 0.2) is 53.6 Å². The summed E-state index contributed by atoms with van der Waals surface area (Å²) in [5.41, 5.74) is 7.61. The lowest BCUT2D eigenvalue weighted by Gasteiger charge is -2.27. The van der Waals surface area contributed by atoms with Crippen molar-refractivity contribution in [3.05, 3.63) is 65.5 Å². The van der Waals surface area contributed by atoms with Crippen molar-refractivity contribution in [1.82, 2.24) is 19.5 Å². The summed E-state index contributed by atoms with van der Waals surface area (Å²) in [5.74, 6) is 2.78. The largest absolute Gasteiger partial charge is 0.497 e. The average molecular weight is 458 g/mol. The van der Waals surface area contributed by atoms with Gasteiger partial charge >= 0.3 is 0 Å². The lowest BCUT2D eigenvalue weighted by atomic mass is 10.2. The highest BCUT2D eigenvalue weighted by Gasteiger charge is 2.21. The fourth-order valence-electron chi connectivity index (χ4n) is 4.00. The Bertz CT molecular complexity index is 1330. The van der Waals surface area contributed by atoms with Crippen molar-refractivity contribution in [1.29, 1.82) is 0 Å². The monoisotopic (exact) mass is 457 g/mol. The van der Waals surface area contributed by atoms with Gasteiger partial charge in [0, 0.05) is 18.8 Å². The predicted molar refractivity (Wildman–Crippen MR) is 133 cm³/mol. The maximum absolute atomic E-state index is 5.52. The number of hydrogen-bond donors (Lipinski definition) is 1. The van der Waals surface area contributed by atoms with Crippen LogP contribution in [0.5, 0.6) is 5.75 Å². The summed E-state index contributed by atoms with van der Waals surface area (Å²) in [6, 6.07) is 16.0. The molecule has 0 radical (unpaired) electrons. The second-order valence-corrected chi connectivity index (χ2v) is 8.12. The second kappa shape index (κ2) is 9.48. The van der Waals surface area contributed by atoms with E-state index in [2.05, 4.69) is 34.5 Å². The topological polar surface area (TPSA) is 89.7 Å². The standard InChI is InChI=1S/C25H27N7O2/c1-17-5-4-6-19(15-17)16-26-30-23-22-24(29-25(28-23)31-11-13-34-14-12-31)32(18(2)27-22)20-7-9-21(33-3)10-8-20/h4-10,15-16H,11-14H2,1-3H3,(H,28,29,30)/b26-16+. The molecule has 3 heterocycles. The van der Waals surface area contributed by atoms with Gasteiger partial charge in [-0.2, -0.15) is 15.1 Å². The van der Waals surface area contributed by atoms with Gasteiger partial charge in [-0.15, -0.1) is 0 Å². The number of methoxy groups -OCH3 is 1. The summed E-state index contributed by atoms with van der Waals surface area (Å²) in [5, 5.41) is 4.45. The fraction of sp³-hybridized carbons (Fsp3) is 0.280. The van der Waals surface area contributed by atoms with Crippen LogP contribution in [0.2, 0.25) is 0 Å². The Morgan fingerprint density at radius 1 is 1.03 bits per heavy atom. The molecule has 0 bridgehead atoms. The first-order chi connectivity index (χ1) is 16.6. The lowest BCUT2D eigenvalue weighted by Crippen LogP contribution is -2.37. The lowest BCUT2D eigenvalue weighted by molar-refractivity contribution is 0.122. The Morgan fingerprint density at radius 3 is 2.56 bits per heavy atom. The number of nitrogens with one attached hydrogen (secondary N) is 1. The molecule has 9 heteroatoms. The third-order valence-electron chi connectivity index (χ3n) is 5.71. The van der Waals surface area contributed by atoms with E-state index in [-0.39, 0.29) is 0 Å². The van der Waals surface area contributed by atoms with Crippen LogP contribution >= 0.6 is 0 Å². The Morgan fingerprint density at radius 2 is 1.82 bits per heavy atom. The molecule has 5 rings (SSSR count). The average Bonchev–Trinajstić information content (AvgIpc) is 3.20. The van der Waals surface area contributed by atoms with Crippen LogP contribution in [0.1, 0.15) is 17.0 Å². The van der Waals surface area contributed by atoms with Crippen LogP contribution in [0.3, 0.4) is 0 Å². The molecule has 1 fully saturated rings. The smallest absolute Gasteiger partial charge is 0.229 e. The highest BCUT2D eigenvalue weighted by Crippen LogP contribution is 2.28. The molecule has 0 atom stereocenters. The molecule has 0 aliphatic carbocycles. The van der Waals surface area contributed by atoms with Crippen molar-refractivity contribution in [2.24, 2.45) is 5.10 Å². The molecular weight excluding hydrogens is 430 g/mol. The van der Waals surface area contributed by atoms with Gasteiger partial charge < -0.3 is 14.4 Å². The van der Waals surface area contributed by atoms with E-state index in [9.17, 15) is 0 Å². The zero-order chi connectivity index (χ0) is 23.5. The quantitative estimate of drug-likeness (QED) is 0.349. The summed E-state index contributed by atoms with van der Waals surface area (Å²) >= 11 is 0. The number of hydrazone groups is 1. The molecule has 1 saturated heterocycles. The zero-order valence-corrected chi connectivity index (χ0v) is 19.5. The Labute approximate surface area is 198 Å². The van der Waals surface area contributed by atoms with Crippen molar-refractivity contribution in [3.63, 3.8) is 0 Å². The van der Waals surface area contributed by atoms with Crippen molar-refractivity contribution in [2.75, 3.05) is 43.7 Å². The van der Waals surface area contributed by atoms with E-state index in [0.29, 0.717) is 36.1 Å². The SMILES string of the molecule is COc1ccc(-n2c(C)nc3c(N/N=C/c4cccc(C)c4)nc(N4CCOCC4)nc32)cc1. The molecule has 0 amide bonds. The summed E-state index contributed by atoms with van der Waals surface area (Å²) in [7, 11) is 1.66. The molecule has 0 saturated carbocycles. The predicted octanol–water partition coefficient (Wildman–Crippen LogP) is 3.72. The number of aromatic nitrogens is 4. The molecule has 1 aliphatic heterocycles. The first-order valence-corrected chi connectivity index (χ1v) is 11.2. The van der Waals surface area contributed by atoms with Gasteiger partial charge in [-0.05, 0) is 43.7 Å². The minimum absolute atomic E-state index is 0.561. The molecule has 34 heavy (non-hydrogen) atoms. The van der Waals surface area contributed by atoms with E-state index < -0.39 is 0 Å². The van der Waals surface area contributed by atoms with Crippen LogP contribution in [-0.2, 0) is 4.74 Å². The first-order valence-electron chi connectivity index (χ1n) is 11.2. The van der Waals surface area contributed by atoms with E-state index in [4.69, 9.17) is 24.4 Å². The maximum atomic E-state index is 5.52. The van der Waals surface area contributed by atoms with Crippen LogP contribution < -0.4 is 15.1 Å². The number of nitrogens with zero attached hydrogens (tertiary/aromatic N) is 6. The van der Waals surface area contributed by atoms with Gasteiger partial charge in [0.15, 0.2) is 17.0 Å². The number of anilines is 2. The van der Waals surface area contributed by atoms with Crippen molar-refractivity contribution >= 4 is 29.1 Å². The van der Waals surface area contributed by atoms with Crippen LogP contribution in [0.25, 0.3) is 16.9 Å². The zero-order valence-electron chi connectivity index (χ0n) is 19.5. The van der Waals surface area contributed by atoms with Crippen LogP contribution in [0.4, 0.5) is 11.8 Å². The first kappa shape index (κ1) is 21.8. The molecule has 174 valence electrons. The number of aryl methyl sites for hydroxylation is 2. The molecule has 1 N–H and O–H groups in total. The van der Waals surface area contributed by atoms with E-state index in [1.54, 1.807) is 13.3 Å². The molecular formula is C25H27N7O2. The summed E-state index contributed by atoms with van der Waals surface area (Å²) < 4.78 is 12.9. The van der Waals surface area contributed by atoms with Gasteiger partial charge in [0.2, 0.25) is 5.95 Å². The Hall–Kier alpha value is -3.98. The van der Waals surface area contributed by atoms with Gasteiger partial charge in [-0.1, -0.05) is 29.8 Å². The minimum Gasteiger partial charge on any atom is -0.497 e. The highest BCUT2D eigenvalue weighted by molar-refractivity contribution is 5.87. The number of rotatable bonds is 6. The van der Waals surface area contributed by atoms with Crippen LogP contribution in [0, 0.1) is 13.8 Å². The number of ether oxygens (including phenoxy) is 2. The normalized spacial score (nSPS) is 14.1. The molecule has 0 unspecified atom stereocenters. The fourth-order valence-corrected chi connectivity index (χ4v) is 4.00. The van der Waals surface area contributed by atoms with Crippen molar-refractivity contribution in [3.8, 4) is 11.4 Å². The van der Waals surface area contributed by atoms with Gasteiger partial charge in [0.25, 0.3) is 0 Å². The van der Waals surface area contributed by atoms with E-state index in [1.165, 1.54) is 5.56 Å². The number of hydrogen-bond acceptors (Lipinski definition) is 8. The molecule has 4 aromatic rings. The van der Waals surface area contributed by atoms with Gasteiger partial charge in [-0.3, -0.25) is 9.99 Å². The van der Waals surface area contributed by atoms with E-state index in [0.717, 1.165) is 35.9 Å². The number of fused-ring (bicyclic) bond motifs is 1. The molecule has 1 aliphatic rings. The van der Waals surface area contributed by atoms with Crippen LogP contribution in [-0.4, -0.2) is 59.1 Å². The van der Waals surface area contributed by atoms with Gasteiger partial charge in [0.1, 0.15) is 11.6 Å². The van der Waals surface area contributed by atoms with Gasteiger partial charge in [0.05, 0.1) is 26.5 Å². The summed E-state index contributed by atoms with van der Waals surface area (Å²) in [6.45, 7) is 6.77. The number of imidazole rings is 1. The molecule has 9 nitrogen and oxygen atoms in total. The van der Waals surface area contributed by atoms with Crippen molar-refractivity contribution < 1.29 is 9.47 Å².